The number of hydrogen-bond donors (Lipinski definition) is 2. The van der Waals surface area contributed by atoms with Crippen LogP contribution in [0.1, 0.15) is 54.7 Å². The van der Waals surface area contributed by atoms with Crippen LogP contribution in [0.4, 0.5) is 5.69 Å². The lowest BCUT2D eigenvalue weighted by atomic mass is 9.86. The van der Waals surface area contributed by atoms with Gasteiger partial charge in [0.2, 0.25) is 0 Å². The highest BCUT2D eigenvalue weighted by Crippen LogP contribution is 2.27. The number of carbonyl (C=O) groups is 2. The second kappa shape index (κ2) is 8.39. The van der Waals surface area contributed by atoms with Crippen molar-refractivity contribution in [3.8, 4) is 0 Å². The zero-order valence-electron chi connectivity index (χ0n) is 15.7. The zero-order chi connectivity index (χ0) is 21.1. The van der Waals surface area contributed by atoms with Crippen molar-refractivity contribution in [2.24, 2.45) is 0 Å². The Morgan fingerprint density at radius 3 is 2.29 bits per heavy atom. The molecule has 28 heavy (non-hydrogen) atoms. The number of amides is 1. The molecule has 0 aliphatic rings. The van der Waals surface area contributed by atoms with E-state index in [2.05, 4.69) is 26.1 Å². The minimum atomic E-state index is -1.08. The molecule has 0 saturated heterocycles. The number of carboxylic acid groups (broad SMARTS) is 1. The van der Waals surface area contributed by atoms with Crippen LogP contribution in [-0.4, -0.2) is 21.9 Å². The van der Waals surface area contributed by atoms with Crippen molar-refractivity contribution >= 4 is 29.2 Å². The van der Waals surface area contributed by atoms with Crippen molar-refractivity contribution in [2.75, 3.05) is 0 Å². The van der Waals surface area contributed by atoms with Gasteiger partial charge in [0.15, 0.2) is 0 Å². The van der Waals surface area contributed by atoms with Gasteiger partial charge in [-0.3, -0.25) is 19.7 Å². The molecule has 148 valence electrons. The molecule has 0 aromatic heterocycles. The average Bonchev–Trinajstić information content (AvgIpc) is 2.60. The van der Waals surface area contributed by atoms with Gasteiger partial charge in [0, 0.05) is 11.6 Å². The maximum absolute atomic E-state index is 12.6. The number of nitrogens with zero attached hydrogens (tertiary/aromatic N) is 1. The van der Waals surface area contributed by atoms with E-state index in [1.54, 1.807) is 12.1 Å². The number of carbonyl (C=O) groups excluding carboxylic acids is 1. The van der Waals surface area contributed by atoms with Gasteiger partial charge in [-0.2, -0.15) is 0 Å². The van der Waals surface area contributed by atoms with Crippen molar-refractivity contribution in [3.63, 3.8) is 0 Å². The summed E-state index contributed by atoms with van der Waals surface area (Å²) in [4.78, 5) is 34.1. The van der Waals surface area contributed by atoms with Gasteiger partial charge in [0.25, 0.3) is 11.6 Å². The van der Waals surface area contributed by atoms with E-state index in [0.29, 0.717) is 5.56 Å². The van der Waals surface area contributed by atoms with Crippen LogP contribution in [0.3, 0.4) is 0 Å². The Morgan fingerprint density at radius 1 is 1.18 bits per heavy atom. The molecule has 0 radical (unpaired) electrons. The highest BCUT2D eigenvalue weighted by molar-refractivity contribution is 6.32. The summed E-state index contributed by atoms with van der Waals surface area (Å²) in [5.74, 6) is -1.70. The first-order chi connectivity index (χ1) is 13.0. The van der Waals surface area contributed by atoms with E-state index in [4.69, 9.17) is 11.6 Å². The molecule has 0 heterocycles. The van der Waals surface area contributed by atoms with Gasteiger partial charge < -0.3 is 10.4 Å². The third-order valence-corrected chi connectivity index (χ3v) is 4.59. The molecule has 2 aromatic carbocycles. The first-order valence-corrected chi connectivity index (χ1v) is 8.94. The predicted octanol–water partition coefficient (Wildman–Crippen LogP) is 4.49. The molecule has 7 nitrogen and oxygen atoms in total. The monoisotopic (exact) mass is 404 g/mol. The van der Waals surface area contributed by atoms with E-state index in [1.165, 1.54) is 12.1 Å². The molecule has 1 amide bonds. The van der Waals surface area contributed by atoms with Crippen LogP contribution in [0.5, 0.6) is 0 Å². The van der Waals surface area contributed by atoms with Crippen LogP contribution in [0, 0.1) is 10.1 Å². The fourth-order valence-corrected chi connectivity index (χ4v) is 2.86. The third-order valence-electron chi connectivity index (χ3n) is 4.27. The van der Waals surface area contributed by atoms with E-state index in [1.807, 2.05) is 12.1 Å². The van der Waals surface area contributed by atoms with E-state index in [0.717, 1.165) is 11.6 Å². The lowest BCUT2D eigenvalue weighted by molar-refractivity contribution is -0.384. The number of nitro groups is 1. The highest BCUT2D eigenvalue weighted by Gasteiger charge is 2.22. The van der Waals surface area contributed by atoms with Crippen LogP contribution in [0.2, 0.25) is 5.02 Å². The fourth-order valence-electron chi connectivity index (χ4n) is 2.68. The summed E-state index contributed by atoms with van der Waals surface area (Å²) in [5.41, 5.74) is 1.28. The van der Waals surface area contributed by atoms with E-state index in [9.17, 15) is 24.8 Å². The van der Waals surface area contributed by atoms with Crippen molar-refractivity contribution in [1.29, 1.82) is 0 Å². The summed E-state index contributed by atoms with van der Waals surface area (Å²) in [6.07, 6.45) is -0.323. The quantitative estimate of drug-likeness (QED) is 0.544. The van der Waals surface area contributed by atoms with Crippen LogP contribution in [-0.2, 0) is 10.2 Å². The molecular formula is C20H21ClN2O5. The maximum atomic E-state index is 12.6. The Kier molecular flexibility index (Phi) is 6.41. The van der Waals surface area contributed by atoms with Gasteiger partial charge in [-0.1, -0.05) is 56.6 Å². The molecule has 8 heteroatoms. The summed E-state index contributed by atoms with van der Waals surface area (Å²) in [7, 11) is 0. The van der Waals surface area contributed by atoms with Gasteiger partial charge in [0.05, 0.1) is 17.4 Å². The van der Waals surface area contributed by atoms with Gasteiger partial charge in [-0.25, -0.2) is 0 Å². The Morgan fingerprint density at radius 2 is 1.79 bits per heavy atom. The number of aliphatic carboxylic acids is 1. The van der Waals surface area contributed by atoms with Crippen molar-refractivity contribution in [1.82, 2.24) is 5.32 Å². The normalized spacial score (nSPS) is 12.3. The molecule has 1 atom stereocenters. The summed E-state index contributed by atoms with van der Waals surface area (Å²) < 4.78 is 0. The summed E-state index contributed by atoms with van der Waals surface area (Å²) in [6, 6.07) is 10.2. The highest BCUT2D eigenvalue weighted by atomic mass is 35.5. The van der Waals surface area contributed by atoms with Crippen molar-refractivity contribution in [2.45, 2.75) is 38.6 Å². The van der Waals surface area contributed by atoms with Crippen molar-refractivity contribution < 1.29 is 19.6 Å². The molecule has 0 saturated carbocycles. The molecule has 2 aromatic rings. The van der Waals surface area contributed by atoms with Gasteiger partial charge >= 0.3 is 5.97 Å². The van der Waals surface area contributed by atoms with Gasteiger partial charge in [-0.15, -0.1) is 0 Å². The number of hydrogen-bond acceptors (Lipinski definition) is 4. The first kappa shape index (κ1) is 21.4. The molecule has 0 aliphatic carbocycles. The molecule has 0 fully saturated rings. The molecule has 0 bridgehead atoms. The van der Waals surface area contributed by atoms with Crippen LogP contribution in [0.25, 0.3) is 0 Å². The number of carboxylic acids is 1. The Balaban J connectivity index is 2.29. The number of rotatable bonds is 6. The topological polar surface area (TPSA) is 110 Å². The maximum Gasteiger partial charge on any atom is 0.305 e. The molecule has 0 spiro atoms. The molecular weight excluding hydrogens is 384 g/mol. The Labute approximate surface area is 167 Å². The SMILES string of the molecule is CC(C)(C)c1ccc(C(CC(=O)O)NC(=O)c2ccc(Cl)c([N+](=O)[O-])c2)cc1. The number of halogens is 1. The van der Waals surface area contributed by atoms with E-state index < -0.39 is 28.5 Å². The van der Waals surface area contributed by atoms with Crippen LogP contribution >= 0.6 is 11.6 Å². The number of benzene rings is 2. The molecule has 0 aliphatic heterocycles. The van der Waals surface area contributed by atoms with Gasteiger partial charge in [0.1, 0.15) is 5.02 Å². The summed E-state index contributed by atoms with van der Waals surface area (Å²) >= 11 is 5.77. The standard InChI is InChI=1S/C20H21ClN2O5/c1-20(2,3)14-7-4-12(5-8-14)16(11-18(24)25)22-19(26)13-6-9-15(21)17(10-13)23(27)28/h4-10,16H,11H2,1-3H3,(H,22,26)(H,24,25). The van der Waals surface area contributed by atoms with E-state index >= 15 is 0 Å². The van der Waals surface area contributed by atoms with Gasteiger partial charge in [-0.05, 0) is 28.7 Å². The lowest BCUT2D eigenvalue weighted by Gasteiger charge is -2.22. The first-order valence-electron chi connectivity index (χ1n) is 8.56. The summed E-state index contributed by atoms with van der Waals surface area (Å²) in [6.45, 7) is 6.18. The molecule has 2 rings (SSSR count). The minimum absolute atomic E-state index is 0.0257. The average molecular weight is 405 g/mol. The third kappa shape index (κ3) is 5.29. The number of nitro benzene ring substituents is 1. The summed E-state index contributed by atoms with van der Waals surface area (Å²) in [5, 5.41) is 22.8. The van der Waals surface area contributed by atoms with E-state index in [-0.39, 0.29) is 22.4 Å². The van der Waals surface area contributed by atoms with Crippen LogP contribution in [0.15, 0.2) is 42.5 Å². The van der Waals surface area contributed by atoms with Crippen LogP contribution < -0.4 is 5.32 Å². The van der Waals surface area contributed by atoms with Crippen molar-refractivity contribution in [3.05, 3.63) is 74.3 Å². The fraction of sp³-hybridized carbons (Fsp3) is 0.300. The smallest absolute Gasteiger partial charge is 0.305 e. The second-order valence-electron chi connectivity index (χ2n) is 7.42. The molecule has 1 unspecified atom stereocenters. The Hall–Kier alpha value is -2.93. The Bertz CT molecular complexity index is 904. The molecule has 2 N–H and O–H groups in total. The predicted molar refractivity (Wildman–Crippen MR) is 106 cm³/mol. The lowest BCUT2D eigenvalue weighted by Crippen LogP contribution is -2.30. The zero-order valence-corrected chi connectivity index (χ0v) is 16.5. The largest absolute Gasteiger partial charge is 0.481 e. The second-order valence-corrected chi connectivity index (χ2v) is 7.83. The number of nitrogens with one attached hydrogen (secondary N) is 1. The minimum Gasteiger partial charge on any atom is -0.481 e.